The second kappa shape index (κ2) is 4.02. The molecule has 0 radical (unpaired) electrons. The Morgan fingerprint density at radius 1 is 1.50 bits per heavy atom. The molecule has 5 nitrogen and oxygen atoms in total. The van der Waals surface area contributed by atoms with Gasteiger partial charge in [-0.25, -0.2) is 5.48 Å². The predicted octanol–water partition coefficient (Wildman–Crippen LogP) is 1.31. The fourth-order valence-corrected chi connectivity index (χ4v) is 1.23. The number of hydrogen-bond donors (Lipinski definition) is 1. The van der Waals surface area contributed by atoms with Gasteiger partial charge in [-0.2, -0.15) is 0 Å². The fraction of sp³-hybridized carbons (Fsp3) is 0.625. The van der Waals surface area contributed by atoms with Crippen molar-refractivity contribution in [3.8, 4) is 0 Å². The minimum Gasteiger partial charge on any atom is -0.268 e. The minimum absolute atomic E-state index is 0.299. The normalized spacial score (nSPS) is 11.4. The quantitative estimate of drug-likeness (QED) is 0.755. The highest BCUT2D eigenvalue weighted by molar-refractivity contribution is 7.07. The number of aryl methyl sites for hydroxylation is 1. The second-order valence-corrected chi connectivity index (χ2v) is 4.59. The monoisotopic (exact) mass is 215 g/mol. The second-order valence-electron chi connectivity index (χ2n) is 3.83. The number of aromatic nitrogens is 2. The Balaban J connectivity index is 2.56. The lowest BCUT2D eigenvalue weighted by Gasteiger charge is -2.18. The average Bonchev–Trinajstić information content (AvgIpc) is 2.46. The van der Waals surface area contributed by atoms with Crippen molar-refractivity contribution in [3.63, 3.8) is 0 Å². The molecule has 0 saturated heterocycles. The molecule has 1 aromatic heterocycles. The zero-order valence-electron chi connectivity index (χ0n) is 8.62. The summed E-state index contributed by atoms with van der Waals surface area (Å²) in [4.78, 5) is 17.1. The van der Waals surface area contributed by atoms with Gasteiger partial charge in [0.25, 0.3) is 5.91 Å². The van der Waals surface area contributed by atoms with Gasteiger partial charge < -0.3 is 0 Å². The molecular formula is C8H13N3O2S. The molecule has 1 rings (SSSR count). The summed E-state index contributed by atoms with van der Waals surface area (Å²) in [5, 5.41) is 3.73. The van der Waals surface area contributed by atoms with Crippen LogP contribution in [0.5, 0.6) is 0 Å². The van der Waals surface area contributed by atoms with E-state index in [9.17, 15) is 4.79 Å². The van der Waals surface area contributed by atoms with Crippen molar-refractivity contribution in [3.05, 3.63) is 10.6 Å². The molecule has 0 saturated carbocycles. The average molecular weight is 215 g/mol. The van der Waals surface area contributed by atoms with E-state index in [1.165, 1.54) is 0 Å². The van der Waals surface area contributed by atoms with Crippen molar-refractivity contribution in [2.75, 3.05) is 0 Å². The van der Waals surface area contributed by atoms with Crippen molar-refractivity contribution < 1.29 is 9.63 Å². The van der Waals surface area contributed by atoms with Gasteiger partial charge in [0, 0.05) is 0 Å². The lowest BCUT2D eigenvalue weighted by atomic mass is 10.2. The van der Waals surface area contributed by atoms with Gasteiger partial charge in [-0.1, -0.05) is 4.49 Å². The van der Waals surface area contributed by atoms with Crippen molar-refractivity contribution in [1.82, 2.24) is 15.1 Å². The Morgan fingerprint density at radius 2 is 2.14 bits per heavy atom. The molecule has 0 aliphatic carbocycles. The van der Waals surface area contributed by atoms with Crippen LogP contribution in [0.25, 0.3) is 0 Å². The van der Waals surface area contributed by atoms with E-state index in [4.69, 9.17) is 4.84 Å². The van der Waals surface area contributed by atoms with Crippen molar-refractivity contribution >= 4 is 17.4 Å². The third kappa shape index (κ3) is 3.04. The van der Waals surface area contributed by atoms with Gasteiger partial charge in [0.2, 0.25) is 0 Å². The zero-order valence-corrected chi connectivity index (χ0v) is 9.44. The summed E-state index contributed by atoms with van der Waals surface area (Å²) < 4.78 is 3.66. The molecule has 0 bridgehead atoms. The van der Waals surface area contributed by atoms with Crippen LogP contribution in [-0.4, -0.2) is 21.1 Å². The number of carbonyl (C=O) groups excluding carboxylic acids is 1. The van der Waals surface area contributed by atoms with Crippen LogP contribution in [0.1, 0.15) is 36.1 Å². The maximum atomic E-state index is 11.5. The first kappa shape index (κ1) is 11.1. The van der Waals surface area contributed by atoms with Gasteiger partial charge in [-0.3, -0.25) is 9.63 Å². The Bertz CT molecular complexity index is 330. The molecule has 0 aromatic carbocycles. The summed E-state index contributed by atoms with van der Waals surface area (Å²) >= 11 is 1.06. The number of hydroxylamine groups is 1. The summed E-state index contributed by atoms with van der Waals surface area (Å²) in [5.41, 5.74) is 2.57. The Labute approximate surface area is 86.6 Å². The van der Waals surface area contributed by atoms with Gasteiger partial charge in [-0.15, -0.1) is 5.10 Å². The predicted molar refractivity (Wildman–Crippen MR) is 53.0 cm³/mol. The van der Waals surface area contributed by atoms with E-state index in [-0.39, 0.29) is 5.91 Å². The largest absolute Gasteiger partial charge is 0.288 e. The minimum atomic E-state index is -0.401. The zero-order chi connectivity index (χ0) is 10.8. The van der Waals surface area contributed by atoms with Crippen LogP contribution in [0, 0.1) is 6.92 Å². The van der Waals surface area contributed by atoms with Gasteiger partial charge >= 0.3 is 0 Å². The third-order valence-corrected chi connectivity index (χ3v) is 2.13. The van der Waals surface area contributed by atoms with E-state index in [1.54, 1.807) is 6.92 Å². The van der Waals surface area contributed by atoms with Gasteiger partial charge in [-0.05, 0) is 39.2 Å². The fourth-order valence-electron chi connectivity index (χ4n) is 0.685. The van der Waals surface area contributed by atoms with Crippen molar-refractivity contribution in [1.29, 1.82) is 0 Å². The summed E-state index contributed by atoms with van der Waals surface area (Å²) in [6.07, 6.45) is 0. The number of rotatable bonds is 2. The number of nitrogens with one attached hydrogen (secondary N) is 1. The van der Waals surface area contributed by atoms with Gasteiger partial charge in [0.05, 0.1) is 11.3 Å². The van der Waals surface area contributed by atoms with Gasteiger partial charge in [0.15, 0.2) is 0 Å². The Morgan fingerprint density at radius 3 is 2.57 bits per heavy atom. The molecule has 6 heteroatoms. The molecule has 0 unspecified atom stereocenters. The molecule has 1 amide bonds. The van der Waals surface area contributed by atoms with Crippen LogP contribution < -0.4 is 5.48 Å². The maximum absolute atomic E-state index is 11.5. The van der Waals surface area contributed by atoms with Crippen LogP contribution >= 0.6 is 11.5 Å². The lowest BCUT2D eigenvalue weighted by Crippen LogP contribution is -2.33. The van der Waals surface area contributed by atoms with Crippen LogP contribution in [0.3, 0.4) is 0 Å². The van der Waals surface area contributed by atoms with Crippen molar-refractivity contribution in [2.24, 2.45) is 0 Å². The van der Waals surface area contributed by atoms with E-state index in [0.29, 0.717) is 10.6 Å². The molecule has 0 fully saturated rings. The number of nitrogens with zero attached hydrogens (tertiary/aromatic N) is 2. The van der Waals surface area contributed by atoms with Crippen LogP contribution in [0.15, 0.2) is 0 Å². The lowest BCUT2D eigenvalue weighted by molar-refractivity contribution is -0.0588. The van der Waals surface area contributed by atoms with E-state index in [1.807, 2.05) is 20.8 Å². The Kier molecular flexibility index (Phi) is 3.17. The summed E-state index contributed by atoms with van der Waals surface area (Å²) in [6, 6.07) is 0. The van der Waals surface area contributed by atoms with Crippen molar-refractivity contribution in [2.45, 2.75) is 33.3 Å². The first-order valence-electron chi connectivity index (χ1n) is 4.17. The molecular weight excluding hydrogens is 202 g/mol. The van der Waals surface area contributed by atoms with Crippen LogP contribution in [-0.2, 0) is 4.84 Å². The Hall–Kier alpha value is -1.01. The van der Waals surface area contributed by atoms with Gasteiger partial charge in [0.1, 0.15) is 4.88 Å². The first-order valence-corrected chi connectivity index (χ1v) is 4.95. The molecule has 0 aliphatic heterocycles. The smallest absolute Gasteiger partial charge is 0.268 e. The highest BCUT2D eigenvalue weighted by Crippen LogP contribution is 2.10. The standard InChI is InChI=1S/C8H13N3O2S/c1-5-6(14-11-9-5)7(12)10-13-8(2,3)4/h1-4H3,(H,10,12). The molecule has 0 spiro atoms. The number of carbonyl (C=O) groups is 1. The molecule has 0 aliphatic rings. The summed E-state index contributed by atoms with van der Waals surface area (Å²) in [5.74, 6) is -0.299. The summed E-state index contributed by atoms with van der Waals surface area (Å²) in [6.45, 7) is 7.29. The highest BCUT2D eigenvalue weighted by Gasteiger charge is 2.17. The summed E-state index contributed by atoms with van der Waals surface area (Å²) in [7, 11) is 0. The SMILES string of the molecule is Cc1nnsc1C(=O)NOC(C)(C)C. The highest BCUT2D eigenvalue weighted by atomic mass is 32.1. The molecule has 78 valence electrons. The first-order chi connectivity index (χ1) is 6.40. The van der Waals surface area contributed by atoms with E-state index >= 15 is 0 Å². The molecule has 1 N–H and O–H groups in total. The topological polar surface area (TPSA) is 64.1 Å². The van der Waals surface area contributed by atoms with E-state index < -0.39 is 5.60 Å². The van der Waals surface area contributed by atoms with E-state index in [2.05, 4.69) is 15.1 Å². The van der Waals surface area contributed by atoms with E-state index in [0.717, 1.165) is 11.5 Å². The number of hydrogen-bond acceptors (Lipinski definition) is 5. The van der Waals surface area contributed by atoms with Crippen LogP contribution in [0.2, 0.25) is 0 Å². The molecule has 14 heavy (non-hydrogen) atoms. The molecule has 0 atom stereocenters. The third-order valence-electron chi connectivity index (χ3n) is 1.31. The molecule has 1 aromatic rings. The number of amides is 1. The maximum Gasteiger partial charge on any atom is 0.288 e. The van der Waals surface area contributed by atoms with Crippen LogP contribution in [0.4, 0.5) is 0 Å². The molecule has 1 heterocycles.